The van der Waals surface area contributed by atoms with Crippen LogP contribution in [0.25, 0.3) is 0 Å². The number of benzene rings is 1. The highest BCUT2D eigenvalue weighted by atomic mass is 15.1. The van der Waals surface area contributed by atoms with E-state index in [1.54, 1.807) is 0 Å². The highest BCUT2D eigenvalue weighted by molar-refractivity contribution is 5.46. The summed E-state index contributed by atoms with van der Waals surface area (Å²) in [6.07, 6.45) is 6.51. The fourth-order valence-electron chi connectivity index (χ4n) is 2.29. The molecule has 0 amide bonds. The maximum Gasteiger partial charge on any atom is 0.0346 e. The van der Waals surface area contributed by atoms with Gasteiger partial charge >= 0.3 is 0 Å². The number of hydrogen-bond donors (Lipinski definition) is 1. The minimum Gasteiger partial charge on any atom is -0.399 e. The molecule has 2 nitrogen and oxygen atoms in total. The molecule has 0 spiro atoms. The number of anilines is 1. The van der Waals surface area contributed by atoms with E-state index in [0.717, 1.165) is 18.2 Å². The van der Waals surface area contributed by atoms with Gasteiger partial charge in [0.1, 0.15) is 0 Å². The van der Waals surface area contributed by atoms with Crippen LogP contribution in [0.15, 0.2) is 24.3 Å². The molecule has 0 saturated heterocycles. The monoisotopic (exact) mass is 218 g/mol. The second kappa shape index (κ2) is 5.35. The molecule has 1 aliphatic rings. The van der Waals surface area contributed by atoms with Crippen LogP contribution >= 0.6 is 0 Å². The summed E-state index contributed by atoms with van der Waals surface area (Å²) >= 11 is 0. The summed E-state index contributed by atoms with van der Waals surface area (Å²) in [5.41, 5.74) is 8.16. The van der Waals surface area contributed by atoms with E-state index in [1.165, 1.54) is 37.8 Å². The van der Waals surface area contributed by atoms with Crippen molar-refractivity contribution in [3.05, 3.63) is 29.8 Å². The number of nitrogen functional groups attached to an aromatic ring is 1. The van der Waals surface area contributed by atoms with Gasteiger partial charge in [-0.25, -0.2) is 0 Å². The van der Waals surface area contributed by atoms with Crippen LogP contribution in [0.1, 0.15) is 31.2 Å². The fourth-order valence-corrected chi connectivity index (χ4v) is 2.29. The third-order valence-electron chi connectivity index (χ3n) is 3.71. The molecule has 2 rings (SSSR count). The Labute approximate surface area is 98.4 Å². The van der Waals surface area contributed by atoms with Crippen molar-refractivity contribution in [3.8, 4) is 0 Å². The Balaban J connectivity index is 1.73. The zero-order valence-corrected chi connectivity index (χ0v) is 10.2. The molecule has 1 aliphatic carbocycles. The van der Waals surface area contributed by atoms with Gasteiger partial charge in [-0.2, -0.15) is 0 Å². The first-order valence-corrected chi connectivity index (χ1v) is 6.31. The predicted octanol–water partition coefficient (Wildman–Crippen LogP) is 2.69. The molecule has 2 N–H and O–H groups in total. The quantitative estimate of drug-likeness (QED) is 0.770. The van der Waals surface area contributed by atoms with Gasteiger partial charge in [0.25, 0.3) is 0 Å². The van der Waals surface area contributed by atoms with Crippen molar-refractivity contribution < 1.29 is 0 Å². The largest absolute Gasteiger partial charge is 0.399 e. The third-order valence-corrected chi connectivity index (χ3v) is 3.71. The molecular weight excluding hydrogens is 196 g/mol. The van der Waals surface area contributed by atoms with E-state index in [4.69, 9.17) is 5.73 Å². The topological polar surface area (TPSA) is 29.3 Å². The summed E-state index contributed by atoms with van der Waals surface area (Å²) in [4.78, 5) is 2.50. The molecule has 1 fully saturated rings. The molecule has 1 aromatic rings. The summed E-state index contributed by atoms with van der Waals surface area (Å²) in [5, 5.41) is 0. The van der Waals surface area contributed by atoms with E-state index >= 15 is 0 Å². The van der Waals surface area contributed by atoms with Crippen molar-refractivity contribution in [2.75, 3.05) is 19.3 Å². The van der Waals surface area contributed by atoms with Crippen molar-refractivity contribution in [2.45, 2.75) is 38.1 Å². The van der Waals surface area contributed by atoms with Crippen LogP contribution < -0.4 is 5.73 Å². The first-order valence-electron chi connectivity index (χ1n) is 6.31. The van der Waals surface area contributed by atoms with Gasteiger partial charge in [0.2, 0.25) is 0 Å². The SMILES string of the molecule is CN(CCCc1ccccc1N)C1CCC1. The first kappa shape index (κ1) is 11.5. The lowest BCUT2D eigenvalue weighted by Gasteiger charge is -2.34. The average molecular weight is 218 g/mol. The van der Waals surface area contributed by atoms with Crippen LogP contribution in [-0.4, -0.2) is 24.5 Å². The Morgan fingerprint density at radius 2 is 2.06 bits per heavy atom. The summed E-state index contributed by atoms with van der Waals surface area (Å²) < 4.78 is 0. The number of nitrogens with two attached hydrogens (primary N) is 1. The molecule has 1 aromatic carbocycles. The zero-order chi connectivity index (χ0) is 11.4. The highest BCUT2D eigenvalue weighted by Gasteiger charge is 2.21. The van der Waals surface area contributed by atoms with Gasteiger partial charge in [-0.3, -0.25) is 0 Å². The molecule has 0 heterocycles. The van der Waals surface area contributed by atoms with Crippen molar-refractivity contribution in [3.63, 3.8) is 0 Å². The number of hydrogen-bond acceptors (Lipinski definition) is 2. The molecular formula is C14H22N2. The lowest BCUT2D eigenvalue weighted by atomic mass is 9.91. The Kier molecular flexibility index (Phi) is 3.83. The fraction of sp³-hybridized carbons (Fsp3) is 0.571. The van der Waals surface area contributed by atoms with Gasteiger partial charge < -0.3 is 10.6 Å². The molecule has 0 aromatic heterocycles. The first-order chi connectivity index (χ1) is 7.77. The van der Waals surface area contributed by atoms with Gasteiger partial charge in [-0.15, -0.1) is 0 Å². The van der Waals surface area contributed by atoms with E-state index in [9.17, 15) is 0 Å². The molecule has 0 unspecified atom stereocenters. The molecule has 16 heavy (non-hydrogen) atoms. The molecule has 0 radical (unpaired) electrons. The summed E-state index contributed by atoms with van der Waals surface area (Å²) in [6.45, 7) is 1.19. The normalized spacial score (nSPS) is 16.4. The maximum absolute atomic E-state index is 5.92. The minimum atomic E-state index is 0.855. The minimum absolute atomic E-state index is 0.855. The second-order valence-electron chi connectivity index (χ2n) is 4.87. The van der Waals surface area contributed by atoms with E-state index in [1.807, 2.05) is 12.1 Å². The van der Waals surface area contributed by atoms with Crippen LogP contribution in [0.2, 0.25) is 0 Å². The summed E-state index contributed by atoms with van der Waals surface area (Å²) in [7, 11) is 2.25. The number of nitrogens with zero attached hydrogens (tertiary/aromatic N) is 1. The Morgan fingerprint density at radius 3 is 2.69 bits per heavy atom. The number of aryl methyl sites for hydroxylation is 1. The van der Waals surface area contributed by atoms with Crippen LogP contribution in [0.5, 0.6) is 0 Å². The maximum atomic E-state index is 5.92. The molecule has 0 bridgehead atoms. The molecule has 2 heteroatoms. The van der Waals surface area contributed by atoms with Crippen LogP contribution in [-0.2, 0) is 6.42 Å². The van der Waals surface area contributed by atoms with Gasteiger partial charge in [-0.05, 0) is 50.9 Å². The highest BCUT2D eigenvalue weighted by Crippen LogP contribution is 2.23. The number of para-hydroxylation sites is 1. The van der Waals surface area contributed by atoms with Crippen molar-refractivity contribution in [1.82, 2.24) is 4.90 Å². The number of rotatable bonds is 5. The van der Waals surface area contributed by atoms with Crippen molar-refractivity contribution in [1.29, 1.82) is 0 Å². The van der Waals surface area contributed by atoms with Gasteiger partial charge in [-0.1, -0.05) is 24.6 Å². The third kappa shape index (κ3) is 2.76. The van der Waals surface area contributed by atoms with Gasteiger partial charge in [0.05, 0.1) is 0 Å². The lowest BCUT2D eigenvalue weighted by Crippen LogP contribution is -2.37. The van der Waals surface area contributed by atoms with Crippen LogP contribution in [0.4, 0.5) is 5.69 Å². The van der Waals surface area contributed by atoms with Gasteiger partial charge in [0, 0.05) is 11.7 Å². The van der Waals surface area contributed by atoms with Crippen LogP contribution in [0, 0.1) is 0 Å². The van der Waals surface area contributed by atoms with Crippen molar-refractivity contribution in [2.24, 2.45) is 0 Å². The molecule has 1 saturated carbocycles. The summed E-state index contributed by atoms with van der Waals surface area (Å²) in [5.74, 6) is 0. The lowest BCUT2D eigenvalue weighted by molar-refractivity contribution is 0.158. The average Bonchev–Trinajstić information content (AvgIpc) is 2.18. The zero-order valence-electron chi connectivity index (χ0n) is 10.2. The molecule has 88 valence electrons. The van der Waals surface area contributed by atoms with E-state index in [2.05, 4.69) is 24.1 Å². The second-order valence-corrected chi connectivity index (χ2v) is 4.87. The van der Waals surface area contributed by atoms with Crippen molar-refractivity contribution >= 4 is 5.69 Å². The van der Waals surface area contributed by atoms with E-state index < -0.39 is 0 Å². The van der Waals surface area contributed by atoms with Crippen LogP contribution in [0.3, 0.4) is 0 Å². The van der Waals surface area contributed by atoms with Gasteiger partial charge in [0.15, 0.2) is 0 Å². The van der Waals surface area contributed by atoms with E-state index in [-0.39, 0.29) is 0 Å². The molecule has 0 atom stereocenters. The molecule has 0 aliphatic heterocycles. The Morgan fingerprint density at radius 1 is 1.31 bits per heavy atom. The smallest absolute Gasteiger partial charge is 0.0346 e. The Bertz CT molecular complexity index is 331. The summed E-state index contributed by atoms with van der Waals surface area (Å²) in [6, 6.07) is 9.05. The predicted molar refractivity (Wildman–Crippen MR) is 69.4 cm³/mol. The standard InChI is InChI=1S/C14H22N2/c1-16(13-8-4-9-13)11-5-7-12-6-2-3-10-14(12)15/h2-3,6,10,13H,4-5,7-9,11,15H2,1H3. The Hall–Kier alpha value is -1.02. The van der Waals surface area contributed by atoms with E-state index in [0.29, 0.717) is 0 Å².